The molecule has 10 nitrogen and oxygen atoms in total. The topological polar surface area (TPSA) is 140 Å². The Morgan fingerprint density at radius 3 is 2.85 bits per heavy atom. The van der Waals surface area contributed by atoms with Gasteiger partial charge in [-0.3, -0.25) is 4.79 Å². The number of aliphatic hydroxyl groups excluding tert-OH is 1. The van der Waals surface area contributed by atoms with Gasteiger partial charge in [0.05, 0.1) is 29.7 Å². The van der Waals surface area contributed by atoms with Gasteiger partial charge < -0.3 is 30.2 Å². The third-order valence-corrected chi connectivity index (χ3v) is 6.26. The van der Waals surface area contributed by atoms with Crippen molar-refractivity contribution in [3.63, 3.8) is 0 Å². The summed E-state index contributed by atoms with van der Waals surface area (Å²) in [6.45, 7) is 4.65. The fourth-order valence-corrected chi connectivity index (χ4v) is 4.49. The van der Waals surface area contributed by atoms with Gasteiger partial charge in [-0.25, -0.2) is 4.21 Å². The van der Waals surface area contributed by atoms with E-state index in [9.17, 15) is 19.2 Å². The molecule has 1 amide bonds. The third kappa shape index (κ3) is 5.09. The molecule has 4 N–H and O–H groups in total. The van der Waals surface area contributed by atoms with E-state index < -0.39 is 17.3 Å². The lowest BCUT2D eigenvalue weighted by Gasteiger charge is -2.30. The Morgan fingerprint density at radius 2 is 2.15 bits per heavy atom. The molecule has 0 aliphatic carbocycles. The molecule has 0 saturated carbocycles. The van der Waals surface area contributed by atoms with Crippen LogP contribution in [0, 0.1) is 6.92 Å². The number of aliphatic hydroxyl groups is 1. The Bertz CT molecular complexity index is 1130. The van der Waals surface area contributed by atoms with Crippen LogP contribution in [-0.2, 0) is 11.2 Å². The van der Waals surface area contributed by atoms with Crippen LogP contribution in [0.15, 0.2) is 43.7 Å². The molecule has 1 aromatic carbocycles. The summed E-state index contributed by atoms with van der Waals surface area (Å²) >= 11 is -1.82. The molecule has 0 radical (unpaired) electrons. The SMILES string of the molecule is CC[C@@H](NC1=NS(=O)N=C1Nc1cccc(C(=O)N2CCCC(O)C2)c1O)c1cc(C)co1. The standard InChI is InChI=1S/C22H27N5O5S/c1-3-16(18-10-13(2)12-32-18)23-20-21(26-33(31)25-20)24-17-8-4-7-15(19(17)29)22(30)27-9-5-6-14(28)11-27/h4,7-8,10,12,14,16,28-29H,3,5-6,9,11H2,1-2H3,(H,23,25)(H,24,26)/t14?,16-,33?/m1/s1. The number of piperidine rings is 1. The number of carbonyl (C=O) groups excluding carboxylic acids is 1. The zero-order valence-electron chi connectivity index (χ0n) is 18.4. The first-order chi connectivity index (χ1) is 15.9. The van der Waals surface area contributed by atoms with Crippen molar-refractivity contribution in [1.29, 1.82) is 0 Å². The van der Waals surface area contributed by atoms with E-state index in [0.29, 0.717) is 31.6 Å². The molecule has 3 heterocycles. The molecule has 3 atom stereocenters. The van der Waals surface area contributed by atoms with Crippen LogP contribution in [0.5, 0.6) is 5.75 Å². The van der Waals surface area contributed by atoms with Gasteiger partial charge in [0, 0.05) is 13.1 Å². The van der Waals surface area contributed by atoms with Crippen LogP contribution in [0.1, 0.15) is 53.9 Å². The van der Waals surface area contributed by atoms with Crippen molar-refractivity contribution < 1.29 is 23.6 Å². The van der Waals surface area contributed by atoms with E-state index in [0.717, 1.165) is 5.56 Å². The van der Waals surface area contributed by atoms with Gasteiger partial charge >= 0.3 is 0 Å². The lowest BCUT2D eigenvalue weighted by atomic mass is 10.1. The molecule has 1 saturated heterocycles. The van der Waals surface area contributed by atoms with E-state index in [-0.39, 0.29) is 47.2 Å². The summed E-state index contributed by atoms with van der Waals surface area (Å²) in [5.41, 5.74) is 1.33. The molecule has 1 aromatic heterocycles. The minimum atomic E-state index is -1.82. The van der Waals surface area contributed by atoms with Crippen LogP contribution in [0.2, 0.25) is 0 Å². The Hall–Kier alpha value is -3.18. The number of rotatable bonds is 5. The summed E-state index contributed by atoms with van der Waals surface area (Å²) in [5, 5.41) is 26.8. The Morgan fingerprint density at radius 1 is 1.36 bits per heavy atom. The maximum absolute atomic E-state index is 12.9. The normalized spacial score (nSPS) is 21.4. The van der Waals surface area contributed by atoms with E-state index in [1.807, 2.05) is 19.9 Å². The quantitative estimate of drug-likeness (QED) is 0.489. The van der Waals surface area contributed by atoms with Crippen molar-refractivity contribution in [1.82, 2.24) is 10.2 Å². The number of hydrogen-bond acceptors (Lipinski definition) is 7. The average molecular weight is 474 g/mol. The maximum Gasteiger partial charge on any atom is 0.269 e. The average Bonchev–Trinajstić information content (AvgIpc) is 3.37. The van der Waals surface area contributed by atoms with E-state index >= 15 is 0 Å². The smallest absolute Gasteiger partial charge is 0.269 e. The predicted molar refractivity (Wildman–Crippen MR) is 125 cm³/mol. The molecule has 2 aromatic rings. The van der Waals surface area contributed by atoms with Crippen molar-refractivity contribution in [2.24, 2.45) is 8.80 Å². The van der Waals surface area contributed by atoms with Crippen LogP contribution in [-0.4, -0.2) is 56.1 Å². The molecule has 33 heavy (non-hydrogen) atoms. The molecule has 2 unspecified atom stereocenters. The number of amidine groups is 2. The lowest BCUT2D eigenvalue weighted by Crippen LogP contribution is -2.42. The predicted octanol–water partition coefficient (Wildman–Crippen LogP) is 2.43. The Labute approximate surface area is 194 Å². The van der Waals surface area contributed by atoms with E-state index in [4.69, 9.17) is 4.42 Å². The van der Waals surface area contributed by atoms with Gasteiger partial charge in [0.1, 0.15) is 5.76 Å². The lowest BCUT2D eigenvalue weighted by molar-refractivity contribution is 0.0471. The van der Waals surface area contributed by atoms with Crippen molar-refractivity contribution in [2.45, 2.75) is 45.3 Å². The van der Waals surface area contributed by atoms with Gasteiger partial charge in [0.25, 0.3) is 17.1 Å². The molecule has 4 rings (SSSR count). The number of nitrogens with zero attached hydrogens (tertiary/aromatic N) is 3. The highest BCUT2D eigenvalue weighted by molar-refractivity contribution is 7.83. The summed E-state index contributed by atoms with van der Waals surface area (Å²) in [6.07, 6.45) is 3.13. The first-order valence-electron chi connectivity index (χ1n) is 10.8. The second-order valence-electron chi connectivity index (χ2n) is 8.12. The second-order valence-corrected chi connectivity index (χ2v) is 8.94. The van der Waals surface area contributed by atoms with Crippen LogP contribution >= 0.6 is 0 Å². The van der Waals surface area contributed by atoms with Crippen LogP contribution in [0.3, 0.4) is 0 Å². The summed E-state index contributed by atoms with van der Waals surface area (Å²) in [7, 11) is 0. The van der Waals surface area contributed by atoms with Crippen molar-refractivity contribution in [2.75, 3.05) is 18.4 Å². The van der Waals surface area contributed by atoms with E-state index in [1.54, 1.807) is 18.4 Å². The number of β-amino-alcohol motifs (C(OH)–C–C–N with tert-alkyl or cyclic N) is 1. The number of amides is 1. The molecule has 2 aliphatic rings. The number of phenolic OH excluding ortho intramolecular Hbond substituents is 1. The molecule has 0 bridgehead atoms. The van der Waals surface area contributed by atoms with E-state index in [2.05, 4.69) is 19.4 Å². The number of benzene rings is 1. The summed E-state index contributed by atoms with van der Waals surface area (Å²) < 4.78 is 25.7. The van der Waals surface area contributed by atoms with Crippen LogP contribution in [0.4, 0.5) is 5.69 Å². The fourth-order valence-electron chi connectivity index (χ4n) is 3.87. The minimum Gasteiger partial charge on any atom is -0.505 e. The highest BCUT2D eigenvalue weighted by Crippen LogP contribution is 2.30. The van der Waals surface area contributed by atoms with Gasteiger partial charge in [-0.15, -0.1) is 8.80 Å². The third-order valence-electron chi connectivity index (χ3n) is 5.58. The number of para-hydroxylation sites is 1. The molecule has 2 aliphatic heterocycles. The zero-order valence-corrected chi connectivity index (χ0v) is 19.3. The zero-order chi connectivity index (χ0) is 23.5. The second kappa shape index (κ2) is 9.75. The van der Waals surface area contributed by atoms with Crippen molar-refractivity contribution in [3.8, 4) is 5.75 Å². The number of aromatic hydroxyl groups is 1. The monoisotopic (exact) mass is 473 g/mol. The fraction of sp³-hybridized carbons (Fsp3) is 0.409. The number of anilines is 1. The van der Waals surface area contributed by atoms with Gasteiger partial charge in [0.15, 0.2) is 17.4 Å². The van der Waals surface area contributed by atoms with Crippen molar-refractivity contribution in [3.05, 3.63) is 47.4 Å². The molecular formula is C22H27N5O5S. The van der Waals surface area contributed by atoms with Gasteiger partial charge in [-0.1, -0.05) is 13.0 Å². The number of nitrogens with one attached hydrogen (secondary N) is 2. The number of furan rings is 1. The van der Waals surface area contributed by atoms with Gasteiger partial charge in [0.2, 0.25) is 0 Å². The Balaban J connectivity index is 1.52. The van der Waals surface area contributed by atoms with Gasteiger partial charge in [-0.2, -0.15) is 0 Å². The largest absolute Gasteiger partial charge is 0.505 e. The maximum atomic E-state index is 12.9. The number of carbonyl (C=O) groups is 1. The molecule has 176 valence electrons. The number of phenols is 1. The number of likely N-dealkylation sites (tertiary alicyclic amines) is 1. The summed E-state index contributed by atoms with van der Waals surface area (Å²) in [4.78, 5) is 14.4. The molecular weight excluding hydrogens is 446 g/mol. The molecule has 1 fully saturated rings. The molecule has 11 heteroatoms. The highest BCUT2D eigenvalue weighted by atomic mass is 32.2. The van der Waals surface area contributed by atoms with Crippen molar-refractivity contribution >= 4 is 34.4 Å². The summed E-state index contributed by atoms with van der Waals surface area (Å²) in [5.74, 6) is 0.552. The van der Waals surface area contributed by atoms with Crippen LogP contribution in [0.25, 0.3) is 0 Å². The first kappa shape index (κ1) is 23.0. The molecule has 0 spiro atoms. The number of aryl methyl sites for hydroxylation is 1. The first-order valence-corrected chi connectivity index (χ1v) is 11.9. The number of hydrogen-bond donors (Lipinski definition) is 4. The van der Waals surface area contributed by atoms with E-state index in [1.165, 1.54) is 11.0 Å². The van der Waals surface area contributed by atoms with Gasteiger partial charge in [-0.05, 0) is 49.9 Å². The summed E-state index contributed by atoms with van der Waals surface area (Å²) in [6, 6.07) is 6.44. The van der Waals surface area contributed by atoms with Crippen LogP contribution < -0.4 is 10.6 Å². The highest BCUT2D eigenvalue weighted by Gasteiger charge is 2.28. The Kier molecular flexibility index (Phi) is 6.80. The minimum absolute atomic E-state index is 0.109.